The van der Waals surface area contributed by atoms with Gasteiger partial charge in [-0.05, 0) is 56.0 Å². The molecule has 3 rings (SSSR count). The first-order chi connectivity index (χ1) is 9.13. The Kier molecular flexibility index (Phi) is 3.33. The lowest BCUT2D eigenvalue weighted by atomic mass is 10.0. The van der Waals surface area contributed by atoms with Crippen molar-refractivity contribution < 1.29 is 9.84 Å². The molecule has 0 bridgehead atoms. The molecule has 1 aromatic carbocycles. The van der Waals surface area contributed by atoms with E-state index in [0.29, 0.717) is 6.10 Å². The summed E-state index contributed by atoms with van der Waals surface area (Å²) in [7, 11) is 0. The van der Waals surface area contributed by atoms with E-state index in [1.54, 1.807) is 11.3 Å². The van der Waals surface area contributed by atoms with Crippen LogP contribution in [0.2, 0.25) is 0 Å². The van der Waals surface area contributed by atoms with E-state index in [9.17, 15) is 5.11 Å². The highest BCUT2D eigenvalue weighted by atomic mass is 32.1. The Labute approximate surface area is 117 Å². The maximum Gasteiger partial charge on any atom is 0.120 e. The molecule has 0 radical (unpaired) electrons. The van der Waals surface area contributed by atoms with Crippen LogP contribution in [0.15, 0.2) is 30.3 Å². The number of hydrogen-bond acceptors (Lipinski definition) is 3. The van der Waals surface area contributed by atoms with E-state index in [4.69, 9.17) is 4.74 Å². The van der Waals surface area contributed by atoms with Crippen LogP contribution >= 0.6 is 11.3 Å². The molecule has 1 heterocycles. The zero-order valence-electron chi connectivity index (χ0n) is 11.2. The number of aryl methyl sites for hydroxylation is 2. The van der Waals surface area contributed by atoms with Crippen LogP contribution < -0.4 is 4.74 Å². The van der Waals surface area contributed by atoms with Gasteiger partial charge in [0.2, 0.25) is 0 Å². The minimum absolute atomic E-state index is 0.387. The summed E-state index contributed by atoms with van der Waals surface area (Å²) in [5.41, 5.74) is 1.91. The van der Waals surface area contributed by atoms with Crippen molar-refractivity contribution in [2.24, 2.45) is 0 Å². The number of aliphatic hydroxyl groups is 1. The number of aliphatic hydroxyl groups excluding tert-OH is 1. The third-order valence-corrected chi connectivity index (χ3v) is 4.36. The fraction of sp³-hybridized carbons (Fsp3) is 0.375. The van der Waals surface area contributed by atoms with Gasteiger partial charge in [-0.25, -0.2) is 0 Å². The monoisotopic (exact) mass is 274 g/mol. The van der Waals surface area contributed by atoms with Gasteiger partial charge in [0, 0.05) is 9.75 Å². The number of ether oxygens (including phenoxy) is 1. The molecule has 0 amide bonds. The number of rotatable bonds is 4. The predicted molar refractivity (Wildman–Crippen MR) is 77.9 cm³/mol. The Hall–Kier alpha value is -1.32. The smallest absolute Gasteiger partial charge is 0.120 e. The minimum atomic E-state index is -0.562. The van der Waals surface area contributed by atoms with Crippen LogP contribution in [0, 0.1) is 13.8 Å². The maximum absolute atomic E-state index is 10.5. The first-order valence-electron chi connectivity index (χ1n) is 6.65. The van der Waals surface area contributed by atoms with Gasteiger partial charge in [0.1, 0.15) is 11.9 Å². The van der Waals surface area contributed by atoms with Crippen molar-refractivity contribution in [2.75, 3.05) is 0 Å². The average Bonchev–Trinajstić information content (AvgIpc) is 3.13. The summed E-state index contributed by atoms with van der Waals surface area (Å²) < 4.78 is 5.78. The molecule has 2 aromatic rings. The fourth-order valence-corrected chi connectivity index (χ4v) is 3.20. The first kappa shape index (κ1) is 12.7. The predicted octanol–water partition coefficient (Wildman–Crippen LogP) is 3.99. The van der Waals surface area contributed by atoms with E-state index in [2.05, 4.69) is 19.9 Å². The van der Waals surface area contributed by atoms with Crippen molar-refractivity contribution in [3.8, 4) is 5.75 Å². The lowest BCUT2D eigenvalue weighted by Gasteiger charge is -2.13. The molecule has 3 heteroatoms. The summed E-state index contributed by atoms with van der Waals surface area (Å²) in [5, 5.41) is 10.5. The van der Waals surface area contributed by atoms with E-state index in [0.717, 1.165) is 29.7 Å². The quantitative estimate of drug-likeness (QED) is 0.913. The SMILES string of the molecule is Cc1cc(C(O)c2cccc(OC3CC3)c2)c(C)s1. The summed E-state index contributed by atoms with van der Waals surface area (Å²) in [4.78, 5) is 2.41. The largest absolute Gasteiger partial charge is 0.490 e. The first-order valence-corrected chi connectivity index (χ1v) is 7.47. The van der Waals surface area contributed by atoms with E-state index in [-0.39, 0.29) is 0 Å². The molecule has 2 nitrogen and oxygen atoms in total. The highest BCUT2D eigenvalue weighted by Crippen LogP contribution is 2.33. The second kappa shape index (κ2) is 4.99. The Balaban J connectivity index is 1.85. The van der Waals surface area contributed by atoms with Crippen molar-refractivity contribution in [3.63, 3.8) is 0 Å². The van der Waals surface area contributed by atoms with Crippen molar-refractivity contribution in [1.29, 1.82) is 0 Å². The van der Waals surface area contributed by atoms with Crippen molar-refractivity contribution in [1.82, 2.24) is 0 Å². The molecule has 1 fully saturated rings. The van der Waals surface area contributed by atoms with Crippen LogP contribution in [0.5, 0.6) is 5.75 Å². The topological polar surface area (TPSA) is 29.5 Å². The summed E-state index contributed by atoms with van der Waals surface area (Å²) in [6.07, 6.45) is 2.12. The van der Waals surface area contributed by atoms with Gasteiger partial charge in [-0.1, -0.05) is 12.1 Å². The second-order valence-corrected chi connectivity index (χ2v) is 6.62. The Morgan fingerprint density at radius 3 is 2.68 bits per heavy atom. The van der Waals surface area contributed by atoms with Crippen LogP contribution in [0.25, 0.3) is 0 Å². The summed E-state index contributed by atoms with van der Waals surface area (Å²) in [5.74, 6) is 0.864. The number of hydrogen-bond donors (Lipinski definition) is 1. The molecule has 1 aliphatic carbocycles. The number of benzene rings is 1. The van der Waals surface area contributed by atoms with E-state index in [1.807, 2.05) is 24.3 Å². The van der Waals surface area contributed by atoms with Gasteiger partial charge in [-0.3, -0.25) is 0 Å². The standard InChI is InChI=1S/C16H18O2S/c1-10-8-15(11(2)19-10)16(17)12-4-3-5-14(9-12)18-13-6-7-13/h3-5,8-9,13,16-17H,6-7H2,1-2H3. The molecule has 0 saturated heterocycles. The summed E-state index contributed by atoms with van der Waals surface area (Å²) >= 11 is 1.73. The van der Waals surface area contributed by atoms with Crippen molar-refractivity contribution in [2.45, 2.75) is 38.9 Å². The molecule has 1 unspecified atom stereocenters. The highest BCUT2D eigenvalue weighted by Gasteiger charge is 2.24. The molecule has 0 spiro atoms. The van der Waals surface area contributed by atoms with Crippen LogP contribution in [-0.2, 0) is 0 Å². The Bertz CT molecular complexity index is 584. The normalized spacial score (nSPS) is 16.4. The van der Waals surface area contributed by atoms with Gasteiger partial charge in [0.05, 0.1) is 6.10 Å². The van der Waals surface area contributed by atoms with E-state index >= 15 is 0 Å². The lowest BCUT2D eigenvalue weighted by Crippen LogP contribution is -2.01. The third-order valence-electron chi connectivity index (χ3n) is 3.37. The summed E-state index contributed by atoms with van der Waals surface area (Å²) in [6.45, 7) is 4.13. The molecular formula is C16H18O2S. The number of thiophene rings is 1. The summed E-state index contributed by atoms with van der Waals surface area (Å²) in [6, 6.07) is 9.89. The van der Waals surface area contributed by atoms with Gasteiger partial charge in [-0.15, -0.1) is 11.3 Å². The molecule has 1 aromatic heterocycles. The van der Waals surface area contributed by atoms with Crippen LogP contribution in [0.3, 0.4) is 0 Å². The second-order valence-electron chi connectivity index (χ2n) is 5.16. The van der Waals surface area contributed by atoms with Gasteiger partial charge in [-0.2, -0.15) is 0 Å². The molecule has 1 aliphatic rings. The van der Waals surface area contributed by atoms with E-state index in [1.165, 1.54) is 9.75 Å². The Morgan fingerprint density at radius 1 is 1.26 bits per heavy atom. The van der Waals surface area contributed by atoms with Gasteiger partial charge in [0.15, 0.2) is 0 Å². The Morgan fingerprint density at radius 2 is 2.05 bits per heavy atom. The van der Waals surface area contributed by atoms with Crippen molar-refractivity contribution in [3.05, 3.63) is 51.2 Å². The minimum Gasteiger partial charge on any atom is -0.490 e. The maximum atomic E-state index is 10.5. The molecule has 0 aliphatic heterocycles. The van der Waals surface area contributed by atoms with Crippen LogP contribution in [-0.4, -0.2) is 11.2 Å². The average molecular weight is 274 g/mol. The van der Waals surface area contributed by atoms with Crippen molar-refractivity contribution >= 4 is 11.3 Å². The van der Waals surface area contributed by atoms with Crippen LogP contribution in [0.1, 0.15) is 39.8 Å². The van der Waals surface area contributed by atoms with Crippen LogP contribution in [0.4, 0.5) is 0 Å². The van der Waals surface area contributed by atoms with Gasteiger partial charge in [0.25, 0.3) is 0 Å². The molecule has 1 saturated carbocycles. The van der Waals surface area contributed by atoms with Gasteiger partial charge >= 0.3 is 0 Å². The third kappa shape index (κ3) is 2.82. The molecule has 1 atom stereocenters. The molecular weight excluding hydrogens is 256 g/mol. The van der Waals surface area contributed by atoms with E-state index < -0.39 is 6.10 Å². The molecule has 19 heavy (non-hydrogen) atoms. The fourth-order valence-electron chi connectivity index (χ4n) is 2.24. The zero-order valence-corrected chi connectivity index (χ0v) is 12.0. The molecule has 100 valence electrons. The lowest BCUT2D eigenvalue weighted by molar-refractivity contribution is 0.219. The highest BCUT2D eigenvalue weighted by molar-refractivity contribution is 7.12. The zero-order chi connectivity index (χ0) is 13.4. The molecule has 1 N–H and O–H groups in total. The van der Waals surface area contributed by atoms with Gasteiger partial charge < -0.3 is 9.84 Å².